The van der Waals surface area contributed by atoms with Crippen LogP contribution in [-0.2, 0) is 9.84 Å². The molecule has 0 aliphatic heterocycles. The Morgan fingerprint density at radius 1 is 1.06 bits per heavy atom. The van der Waals surface area contributed by atoms with Crippen molar-refractivity contribution in [2.45, 2.75) is 68.3 Å². The van der Waals surface area contributed by atoms with Gasteiger partial charge in [0.25, 0.3) is 0 Å². The SMILES string of the molecule is CS(=O)(=O)C1CCCC1NC1CCC(N)CC1. The molecule has 2 fully saturated rings. The summed E-state index contributed by atoms with van der Waals surface area (Å²) in [5.74, 6) is 0. The molecule has 0 radical (unpaired) electrons. The predicted octanol–water partition coefficient (Wildman–Crippen LogP) is 0.812. The maximum Gasteiger partial charge on any atom is 0.151 e. The number of hydrogen-bond donors (Lipinski definition) is 2. The molecule has 5 heteroatoms. The van der Waals surface area contributed by atoms with Crippen molar-refractivity contribution in [1.82, 2.24) is 5.32 Å². The van der Waals surface area contributed by atoms with Crippen molar-refractivity contribution < 1.29 is 8.42 Å². The summed E-state index contributed by atoms with van der Waals surface area (Å²) in [7, 11) is -2.90. The van der Waals surface area contributed by atoms with E-state index in [-0.39, 0.29) is 11.3 Å². The van der Waals surface area contributed by atoms with Crippen molar-refractivity contribution >= 4 is 9.84 Å². The van der Waals surface area contributed by atoms with Gasteiger partial charge in [-0.2, -0.15) is 0 Å². The molecule has 4 nitrogen and oxygen atoms in total. The van der Waals surface area contributed by atoms with E-state index in [0.29, 0.717) is 12.1 Å². The van der Waals surface area contributed by atoms with Gasteiger partial charge in [0.1, 0.15) is 0 Å². The van der Waals surface area contributed by atoms with Crippen molar-refractivity contribution in [3.63, 3.8) is 0 Å². The van der Waals surface area contributed by atoms with E-state index in [4.69, 9.17) is 5.73 Å². The van der Waals surface area contributed by atoms with E-state index in [2.05, 4.69) is 5.32 Å². The topological polar surface area (TPSA) is 72.2 Å². The third-order valence-corrected chi connectivity index (χ3v) is 5.89. The molecule has 0 saturated heterocycles. The quantitative estimate of drug-likeness (QED) is 0.788. The highest BCUT2D eigenvalue weighted by Gasteiger charge is 2.36. The van der Waals surface area contributed by atoms with Crippen LogP contribution in [0.3, 0.4) is 0 Å². The fourth-order valence-electron chi connectivity index (χ4n) is 3.22. The summed E-state index contributed by atoms with van der Waals surface area (Å²) < 4.78 is 23.4. The van der Waals surface area contributed by atoms with Crippen molar-refractivity contribution in [1.29, 1.82) is 0 Å². The van der Waals surface area contributed by atoms with Crippen LogP contribution in [0.15, 0.2) is 0 Å². The van der Waals surface area contributed by atoms with Crippen LogP contribution in [0.5, 0.6) is 0 Å². The number of hydrogen-bond acceptors (Lipinski definition) is 4. The molecule has 2 saturated carbocycles. The first-order valence-electron chi connectivity index (χ1n) is 6.67. The van der Waals surface area contributed by atoms with Crippen molar-refractivity contribution in [3.05, 3.63) is 0 Å². The third kappa shape index (κ3) is 3.42. The zero-order valence-corrected chi connectivity index (χ0v) is 11.4. The second-order valence-corrected chi connectivity index (χ2v) is 7.95. The average molecular weight is 260 g/mol. The fraction of sp³-hybridized carbons (Fsp3) is 1.00. The van der Waals surface area contributed by atoms with Gasteiger partial charge >= 0.3 is 0 Å². The van der Waals surface area contributed by atoms with Crippen molar-refractivity contribution in [2.75, 3.05) is 6.26 Å². The Morgan fingerprint density at radius 3 is 2.29 bits per heavy atom. The van der Waals surface area contributed by atoms with Crippen LogP contribution in [0, 0.1) is 0 Å². The van der Waals surface area contributed by atoms with Crippen LogP contribution in [0.4, 0.5) is 0 Å². The van der Waals surface area contributed by atoms with Crippen LogP contribution in [0.25, 0.3) is 0 Å². The van der Waals surface area contributed by atoms with Gasteiger partial charge in [-0.05, 0) is 38.5 Å². The van der Waals surface area contributed by atoms with E-state index >= 15 is 0 Å². The van der Waals surface area contributed by atoms with Crippen LogP contribution in [-0.4, -0.2) is 38.0 Å². The molecule has 2 atom stereocenters. The molecule has 0 bridgehead atoms. The molecule has 100 valence electrons. The van der Waals surface area contributed by atoms with Gasteiger partial charge in [-0.25, -0.2) is 8.42 Å². The van der Waals surface area contributed by atoms with Gasteiger partial charge in [0.2, 0.25) is 0 Å². The van der Waals surface area contributed by atoms with Gasteiger partial charge in [0.15, 0.2) is 9.84 Å². The number of rotatable bonds is 3. The lowest BCUT2D eigenvalue weighted by molar-refractivity contribution is 0.315. The second kappa shape index (κ2) is 5.24. The fourth-order valence-corrected chi connectivity index (χ4v) is 4.62. The molecule has 2 aliphatic carbocycles. The first kappa shape index (κ1) is 13.3. The zero-order chi connectivity index (χ0) is 12.5. The van der Waals surface area contributed by atoms with Gasteiger partial charge in [-0.1, -0.05) is 6.42 Å². The molecule has 0 amide bonds. The van der Waals surface area contributed by atoms with Crippen LogP contribution in [0.1, 0.15) is 44.9 Å². The van der Waals surface area contributed by atoms with E-state index in [0.717, 1.165) is 44.9 Å². The zero-order valence-electron chi connectivity index (χ0n) is 10.6. The molecule has 0 aromatic heterocycles. The van der Waals surface area contributed by atoms with E-state index in [1.807, 2.05) is 0 Å². The van der Waals surface area contributed by atoms with E-state index < -0.39 is 9.84 Å². The number of nitrogens with two attached hydrogens (primary N) is 1. The second-order valence-electron chi connectivity index (χ2n) is 5.68. The standard InChI is InChI=1S/C12H24N2O2S/c1-17(15,16)12-4-2-3-11(12)14-10-7-5-9(13)6-8-10/h9-12,14H,2-8,13H2,1H3. The first-order valence-corrected chi connectivity index (χ1v) is 8.63. The van der Waals surface area contributed by atoms with Gasteiger partial charge in [0, 0.05) is 24.4 Å². The van der Waals surface area contributed by atoms with Gasteiger partial charge in [-0.3, -0.25) is 0 Å². The summed E-state index contributed by atoms with van der Waals surface area (Å²) in [5, 5.41) is 3.39. The molecular formula is C12H24N2O2S. The molecule has 2 unspecified atom stereocenters. The minimum atomic E-state index is -2.90. The first-order chi connectivity index (χ1) is 7.97. The molecule has 0 heterocycles. The minimum Gasteiger partial charge on any atom is -0.328 e. The number of sulfone groups is 1. The van der Waals surface area contributed by atoms with Crippen molar-refractivity contribution in [3.8, 4) is 0 Å². The lowest BCUT2D eigenvalue weighted by atomic mass is 9.91. The molecule has 3 N–H and O–H groups in total. The summed E-state index contributed by atoms with van der Waals surface area (Å²) >= 11 is 0. The highest BCUT2D eigenvalue weighted by atomic mass is 32.2. The molecule has 0 aromatic rings. The molecular weight excluding hydrogens is 236 g/mol. The van der Waals surface area contributed by atoms with E-state index in [9.17, 15) is 8.42 Å². The Labute approximate surface area is 104 Å². The molecule has 2 aliphatic rings. The Balaban J connectivity index is 1.90. The average Bonchev–Trinajstić information content (AvgIpc) is 2.69. The number of nitrogens with one attached hydrogen (secondary N) is 1. The van der Waals surface area contributed by atoms with Gasteiger partial charge < -0.3 is 11.1 Å². The largest absolute Gasteiger partial charge is 0.328 e. The normalized spacial score (nSPS) is 39.4. The summed E-state index contributed by atoms with van der Waals surface area (Å²) in [4.78, 5) is 0. The van der Waals surface area contributed by atoms with Gasteiger partial charge in [0.05, 0.1) is 5.25 Å². The van der Waals surface area contributed by atoms with Crippen LogP contribution >= 0.6 is 0 Å². The predicted molar refractivity (Wildman–Crippen MR) is 69.6 cm³/mol. The van der Waals surface area contributed by atoms with E-state index in [1.165, 1.54) is 6.26 Å². The van der Waals surface area contributed by atoms with Crippen LogP contribution < -0.4 is 11.1 Å². The Morgan fingerprint density at radius 2 is 1.71 bits per heavy atom. The van der Waals surface area contributed by atoms with Crippen molar-refractivity contribution in [2.24, 2.45) is 5.73 Å². The summed E-state index contributed by atoms with van der Waals surface area (Å²) in [6.07, 6.45) is 8.53. The lowest BCUT2D eigenvalue weighted by Gasteiger charge is -2.31. The minimum absolute atomic E-state index is 0.168. The molecule has 0 spiro atoms. The third-order valence-electron chi connectivity index (χ3n) is 4.22. The maximum absolute atomic E-state index is 11.7. The van der Waals surface area contributed by atoms with E-state index in [1.54, 1.807) is 0 Å². The summed E-state index contributed by atoms with van der Waals surface area (Å²) in [6, 6.07) is 0.994. The highest BCUT2D eigenvalue weighted by Crippen LogP contribution is 2.27. The lowest BCUT2D eigenvalue weighted by Crippen LogP contribution is -2.47. The molecule has 0 aromatic carbocycles. The Hall–Kier alpha value is -0.130. The summed E-state index contributed by atoms with van der Waals surface area (Å²) in [6.45, 7) is 0. The maximum atomic E-state index is 11.7. The Bertz CT molecular complexity index is 348. The highest BCUT2D eigenvalue weighted by molar-refractivity contribution is 7.91. The van der Waals surface area contributed by atoms with Crippen LogP contribution in [0.2, 0.25) is 0 Å². The van der Waals surface area contributed by atoms with Gasteiger partial charge in [-0.15, -0.1) is 0 Å². The molecule has 2 rings (SSSR count). The smallest absolute Gasteiger partial charge is 0.151 e. The Kier molecular flexibility index (Phi) is 4.10. The molecule has 17 heavy (non-hydrogen) atoms. The monoisotopic (exact) mass is 260 g/mol. The summed E-state index contributed by atoms with van der Waals surface area (Å²) in [5.41, 5.74) is 5.88.